The summed E-state index contributed by atoms with van der Waals surface area (Å²) in [6.07, 6.45) is 0.335. The van der Waals surface area contributed by atoms with E-state index in [9.17, 15) is 13.5 Å². The lowest BCUT2D eigenvalue weighted by Gasteiger charge is -2.44. The predicted octanol–water partition coefficient (Wildman–Crippen LogP) is 6.14. The van der Waals surface area contributed by atoms with Crippen molar-refractivity contribution in [2.45, 2.75) is 101 Å². The van der Waals surface area contributed by atoms with Gasteiger partial charge in [-0.15, -0.1) is 0 Å². The molecule has 0 amide bonds. The van der Waals surface area contributed by atoms with Crippen LogP contribution in [0.2, 0.25) is 36.3 Å². The Bertz CT molecular complexity index is 941. The van der Waals surface area contributed by atoms with Crippen LogP contribution in [-0.2, 0) is 18.7 Å². The normalized spacial score (nSPS) is 23.4. The van der Waals surface area contributed by atoms with Gasteiger partial charge in [-0.05, 0) is 54.8 Å². The number of hydrogen-bond acceptors (Lipinski definition) is 5. The van der Waals surface area contributed by atoms with Crippen LogP contribution < -0.4 is 0 Å². The van der Waals surface area contributed by atoms with Crippen molar-refractivity contribution in [2.75, 3.05) is 6.61 Å². The SMILES string of the molecule is CC(C)(C)[Si](C)(C)OC[C@@H]1CC=C(S(=O)(=O)c2ccccc2)[C@H](O[Si](C)(C)C(C)(C)C)[C@H]1O. The Labute approximate surface area is 203 Å². The van der Waals surface area contributed by atoms with Crippen molar-refractivity contribution >= 4 is 26.5 Å². The molecule has 0 saturated carbocycles. The molecule has 2 rings (SSSR count). The fraction of sp³-hybridized carbons (Fsp3) is 0.680. The molecule has 0 saturated heterocycles. The minimum atomic E-state index is -3.79. The topological polar surface area (TPSA) is 72.8 Å². The van der Waals surface area contributed by atoms with E-state index in [1.54, 1.807) is 36.4 Å². The minimum Gasteiger partial charge on any atom is -0.416 e. The Hall–Kier alpha value is -0.776. The van der Waals surface area contributed by atoms with Crippen LogP contribution in [0, 0.1) is 5.92 Å². The lowest BCUT2D eigenvalue weighted by Crippen LogP contribution is -2.52. The van der Waals surface area contributed by atoms with Crippen molar-refractivity contribution in [1.29, 1.82) is 0 Å². The van der Waals surface area contributed by atoms with Gasteiger partial charge < -0.3 is 14.0 Å². The fourth-order valence-corrected chi connectivity index (χ4v) is 7.26. The maximum Gasteiger partial charge on any atom is 0.205 e. The second kappa shape index (κ2) is 9.70. The highest BCUT2D eigenvalue weighted by molar-refractivity contribution is 7.95. The second-order valence-electron chi connectivity index (χ2n) is 12.3. The number of aliphatic hydroxyl groups excluding tert-OH is 1. The molecule has 188 valence electrons. The third kappa shape index (κ3) is 6.27. The summed E-state index contributed by atoms with van der Waals surface area (Å²) in [5.41, 5.74) is 0. The molecule has 0 aromatic heterocycles. The molecule has 5 nitrogen and oxygen atoms in total. The van der Waals surface area contributed by atoms with E-state index in [-0.39, 0.29) is 25.8 Å². The number of rotatable bonds is 7. The van der Waals surface area contributed by atoms with E-state index in [1.165, 1.54) is 0 Å². The molecule has 1 aromatic rings. The molecule has 0 heterocycles. The molecule has 0 spiro atoms. The summed E-state index contributed by atoms with van der Waals surface area (Å²) >= 11 is 0. The third-order valence-corrected chi connectivity index (χ3v) is 18.6. The summed E-state index contributed by atoms with van der Waals surface area (Å²) in [4.78, 5) is 0.401. The van der Waals surface area contributed by atoms with Gasteiger partial charge in [0.1, 0.15) is 6.10 Å². The molecule has 1 aliphatic rings. The number of hydrogen-bond donors (Lipinski definition) is 1. The molecule has 33 heavy (non-hydrogen) atoms. The smallest absolute Gasteiger partial charge is 0.205 e. The van der Waals surface area contributed by atoms with Crippen LogP contribution in [0.15, 0.2) is 46.2 Å². The van der Waals surface area contributed by atoms with Crippen molar-refractivity contribution in [3.8, 4) is 0 Å². The molecule has 1 aliphatic carbocycles. The number of allylic oxidation sites excluding steroid dienone is 1. The zero-order chi connectivity index (χ0) is 25.5. The van der Waals surface area contributed by atoms with Crippen LogP contribution >= 0.6 is 0 Å². The first-order valence-electron chi connectivity index (χ1n) is 11.8. The summed E-state index contributed by atoms with van der Waals surface area (Å²) in [5, 5.41) is 11.4. The van der Waals surface area contributed by atoms with Gasteiger partial charge in [0.2, 0.25) is 9.84 Å². The highest BCUT2D eigenvalue weighted by atomic mass is 32.2. The van der Waals surface area contributed by atoms with E-state index in [4.69, 9.17) is 8.85 Å². The van der Waals surface area contributed by atoms with E-state index >= 15 is 0 Å². The average molecular weight is 513 g/mol. The molecule has 0 unspecified atom stereocenters. The minimum absolute atomic E-state index is 0.0569. The highest BCUT2D eigenvalue weighted by Gasteiger charge is 2.47. The van der Waals surface area contributed by atoms with Crippen LogP contribution in [0.25, 0.3) is 0 Å². The maximum atomic E-state index is 13.6. The third-order valence-electron chi connectivity index (χ3n) is 7.75. The maximum absolute atomic E-state index is 13.6. The molecular formula is C25H44O5SSi2. The van der Waals surface area contributed by atoms with Crippen molar-refractivity contribution in [3.05, 3.63) is 41.3 Å². The number of sulfone groups is 1. The Kier molecular flexibility index (Phi) is 8.37. The zero-order valence-corrected chi connectivity index (χ0v) is 24.9. The molecule has 3 atom stereocenters. The summed E-state index contributed by atoms with van der Waals surface area (Å²) in [6, 6.07) is 8.41. The van der Waals surface area contributed by atoms with Crippen LogP contribution in [0.4, 0.5) is 0 Å². The van der Waals surface area contributed by atoms with Gasteiger partial charge in [0.05, 0.1) is 15.9 Å². The molecule has 1 aromatic carbocycles. The van der Waals surface area contributed by atoms with E-state index in [0.29, 0.717) is 13.0 Å². The lowest BCUT2D eigenvalue weighted by atomic mass is 9.90. The molecule has 0 aliphatic heterocycles. The summed E-state index contributed by atoms with van der Waals surface area (Å²) in [5.74, 6) is -0.219. The van der Waals surface area contributed by atoms with Crippen molar-refractivity contribution in [3.63, 3.8) is 0 Å². The van der Waals surface area contributed by atoms with Gasteiger partial charge in [-0.3, -0.25) is 0 Å². The summed E-state index contributed by atoms with van der Waals surface area (Å²) in [6.45, 7) is 21.8. The van der Waals surface area contributed by atoms with Gasteiger partial charge in [0.25, 0.3) is 0 Å². The first-order chi connectivity index (χ1) is 14.8. The average Bonchev–Trinajstić information content (AvgIpc) is 2.67. The first-order valence-corrected chi connectivity index (χ1v) is 19.1. The van der Waals surface area contributed by atoms with Gasteiger partial charge in [0.15, 0.2) is 16.6 Å². The highest BCUT2D eigenvalue weighted by Crippen LogP contribution is 2.43. The molecule has 8 heteroatoms. The van der Waals surface area contributed by atoms with Crippen LogP contribution in [0.3, 0.4) is 0 Å². The Balaban J connectivity index is 2.44. The lowest BCUT2D eigenvalue weighted by molar-refractivity contribution is -0.0105. The predicted molar refractivity (Wildman–Crippen MR) is 141 cm³/mol. The van der Waals surface area contributed by atoms with E-state index < -0.39 is 38.7 Å². The molecule has 1 N–H and O–H groups in total. The van der Waals surface area contributed by atoms with Gasteiger partial charge in [-0.25, -0.2) is 8.42 Å². The van der Waals surface area contributed by atoms with Crippen molar-refractivity contribution < 1.29 is 22.4 Å². The van der Waals surface area contributed by atoms with Gasteiger partial charge in [0, 0.05) is 12.5 Å². The van der Waals surface area contributed by atoms with E-state index in [2.05, 4.69) is 67.7 Å². The number of benzene rings is 1. The Morgan fingerprint density at radius 3 is 1.94 bits per heavy atom. The second-order valence-corrected chi connectivity index (χ2v) is 23.8. The Morgan fingerprint density at radius 2 is 1.45 bits per heavy atom. The quantitative estimate of drug-likeness (QED) is 0.444. The monoisotopic (exact) mass is 512 g/mol. The molecule has 0 bridgehead atoms. The molecular weight excluding hydrogens is 469 g/mol. The largest absolute Gasteiger partial charge is 0.416 e. The number of aliphatic hydroxyl groups is 1. The van der Waals surface area contributed by atoms with Gasteiger partial charge in [-0.2, -0.15) is 0 Å². The van der Waals surface area contributed by atoms with E-state index in [0.717, 1.165) is 0 Å². The van der Waals surface area contributed by atoms with E-state index in [1.807, 2.05) is 0 Å². The van der Waals surface area contributed by atoms with Crippen molar-refractivity contribution in [1.82, 2.24) is 0 Å². The molecule has 0 fully saturated rings. The van der Waals surface area contributed by atoms with Crippen LogP contribution in [0.1, 0.15) is 48.0 Å². The van der Waals surface area contributed by atoms with Crippen LogP contribution in [0.5, 0.6) is 0 Å². The molecule has 0 radical (unpaired) electrons. The first kappa shape index (κ1) is 28.5. The standard InChI is InChI=1S/C25H44O5SSi2/c1-24(2,3)32(7,8)29-18-19-16-17-21(31(27,28)20-14-12-11-13-15-20)23(22(19)26)30-33(9,10)25(4,5)6/h11-15,17,19,22-23,26H,16,18H2,1-10H3/t19-,22-,23-/m0/s1. The zero-order valence-electron chi connectivity index (χ0n) is 22.1. The Morgan fingerprint density at radius 1 is 0.939 bits per heavy atom. The van der Waals surface area contributed by atoms with Gasteiger partial charge >= 0.3 is 0 Å². The summed E-state index contributed by atoms with van der Waals surface area (Å²) in [7, 11) is -8.16. The van der Waals surface area contributed by atoms with Crippen LogP contribution in [-0.4, -0.2) is 49.0 Å². The fourth-order valence-electron chi connectivity index (χ4n) is 3.26. The van der Waals surface area contributed by atoms with Gasteiger partial charge in [-0.1, -0.05) is 65.8 Å². The summed E-state index contributed by atoms with van der Waals surface area (Å²) < 4.78 is 40.1. The van der Waals surface area contributed by atoms with Crippen molar-refractivity contribution in [2.24, 2.45) is 5.92 Å².